The minimum atomic E-state index is -1.17. The van der Waals surface area contributed by atoms with Crippen LogP contribution >= 0.6 is 8.69 Å². The molecule has 0 amide bonds. The standard InChI is InChI=1S/C3H9N.HO2P/c1-2-3-4;1-3-2/h2-4H2,1H3;3H/p+1. The Balaban J connectivity index is 0. The van der Waals surface area contributed by atoms with Crippen LogP contribution in [0.3, 0.4) is 0 Å². The molecule has 0 aliphatic carbocycles. The third kappa shape index (κ3) is 93.5. The molecule has 0 saturated carbocycles. The van der Waals surface area contributed by atoms with Gasteiger partial charge >= 0.3 is 8.69 Å². The van der Waals surface area contributed by atoms with E-state index in [1.807, 2.05) is 0 Å². The molecule has 0 saturated heterocycles. The van der Waals surface area contributed by atoms with Crippen LogP contribution in [0.25, 0.3) is 0 Å². The average molecular weight is 124 g/mol. The monoisotopic (exact) mass is 124 g/mol. The summed E-state index contributed by atoms with van der Waals surface area (Å²) in [6, 6.07) is 0. The Hall–Kier alpha value is 0.0200. The van der Waals surface area contributed by atoms with Crippen LogP contribution in [0.2, 0.25) is 0 Å². The molecule has 0 aliphatic heterocycles. The van der Waals surface area contributed by atoms with Crippen LogP contribution in [0.15, 0.2) is 0 Å². The van der Waals surface area contributed by atoms with Crippen molar-refractivity contribution < 1.29 is 9.46 Å². The highest BCUT2D eigenvalue weighted by Crippen LogP contribution is 1.66. The number of hydrogen-bond acceptors (Lipinski definition) is 2. The molecule has 3 nitrogen and oxygen atoms in total. The lowest BCUT2D eigenvalue weighted by Crippen LogP contribution is -1.93. The van der Waals surface area contributed by atoms with Crippen LogP contribution in [0.1, 0.15) is 13.3 Å². The minimum Gasteiger partial charge on any atom is -0.330 e. The Labute approximate surface area is 44.8 Å². The van der Waals surface area contributed by atoms with Crippen LogP contribution in [-0.2, 0) is 4.57 Å². The van der Waals surface area contributed by atoms with Gasteiger partial charge in [-0.15, -0.1) is 0 Å². The molecule has 0 bridgehead atoms. The van der Waals surface area contributed by atoms with E-state index in [-0.39, 0.29) is 0 Å². The highest BCUT2D eigenvalue weighted by Gasteiger charge is 1.55. The quantitative estimate of drug-likeness (QED) is 0.493. The first-order chi connectivity index (χ1) is 3.33. The fraction of sp³-hybridized carbons (Fsp3) is 1.00. The van der Waals surface area contributed by atoms with Gasteiger partial charge in [0.05, 0.1) is 0 Å². The minimum absolute atomic E-state index is 0.819. The SMILES string of the molecule is CCCN.O=[PH+]O. The molecule has 0 heterocycles. The van der Waals surface area contributed by atoms with Gasteiger partial charge in [0.2, 0.25) is 0 Å². The van der Waals surface area contributed by atoms with Crippen molar-refractivity contribution in [3.8, 4) is 0 Å². The largest absolute Gasteiger partial charge is 0.491 e. The first kappa shape index (κ1) is 10.1. The van der Waals surface area contributed by atoms with Crippen molar-refractivity contribution in [2.45, 2.75) is 13.3 Å². The van der Waals surface area contributed by atoms with E-state index in [1.54, 1.807) is 0 Å². The third-order valence-corrected chi connectivity index (χ3v) is 0.289. The molecule has 0 fully saturated rings. The molecular formula is C3H11NO2P+. The maximum absolute atomic E-state index is 8.51. The molecule has 3 N–H and O–H groups in total. The van der Waals surface area contributed by atoms with Gasteiger partial charge in [-0.25, -0.2) is 0 Å². The van der Waals surface area contributed by atoms with E-state index in [0.717, 1.165) is 13.0 Å². The van der Waals surface area contributed by atoms with E-state index in [2.05, 4.69) is 6.92 Å². The van der Waals surface area contributed by atoms with Gasteiger partial charge in [-0.2, -0.15) is 4.89 Å². The predicted molar refractivity (Wildman–Crippen MR) is 30.6 cm³/mol. The molecule has 44 valence electrons. The number of rotatable bonds is 1. The number of nitrogens with two attached hydrogens (primary N) is 1. The van der Waals surface area contributed by atoms with Crippen molar-refractivity contribution >= 4 is 8.69 Å². The van der Waals surface area contributed by atoms with Gasteiger partial charge in [-0.1, -0.05) is 6.92 Å². The molecular weight excluding hydrogens is 113 g/mol. The van der Waals surface area contributed by atoms with E-state index >= 15 is 0 Å². The zero-order valence-corrected chi connectivity index (χ0v) is 5.35. The summed E-state index contributed by atoms with van der Waals surface area (Å²) in [6.45, 7) is 2.88. The first-order valence-corrected chi connectivity index (χ1v) is 2.90. The van der Waals surface area contributed by atoms with Gasteiger partial charge in [-0.05, 0) is 17.5 Å². The summed E-state index contributed by atoms with van der Waals surface area (Å²) in [4.78, 5) is 7.04. The van der Waals surface area contributed by atoms with Gasteiger partial charge in [0, 0.05) is 0 Å². The molecule has 1 atom stereocenters. The van der Waals surface area contributed by atoms with E-state index in [1.165, 1.54) is 0 Å². The smallest absolute Gasteiger partial charge is 0.330 e. The van der Waals surface area contributed by atoms with Gasteiger partial charge in [0.25, 0.3) is 0 Å². The molecule has 0 aromatic heterocycles. The third-order valence-electron chi connectivity index (χ3n) is 0.289. The second kappa shape index (κ2) is 16.6. The second-order valence-corrected chi connectivity index (χ2v) is 1.06. The zero-order valence-electron chi connectivity index (χ0n) is 4.35. The summed E-state index contributed by atoms with van der Waals surface area (Å²) in [6.07, 6.45) is 1.10. The molecule has 0 rings (SSSR count). The predicted octanol–water partition coefficient (Wildman–Crippen LogP) is 0.273. The Morgan fingerprint density at radius 2 is 2.00 bits per heavy atom. The van der Waals surface area contributed by atoms with Crippen LogP contribution < -0.4 is 5.73 Å². The lowest BCUT2D eigenvalue weighted by atomic mass is 10.5. The van der Waals surface area contributed by atoms with Crippen molar-refractivity contribution in [2.75, 3.05) is 6.54 Å². The first-order valence-electron chi connectivity index (χ1n) is 2.04. The lowest BCUT2D eigenvalue weighted by molar-refractivity contribution is 0.524. The molecule has 0 radical (unpaired) electrons. The van der Waals surface area contributed by atoms with Crippen molar-refractivity contribution in [1.82, 2.24) is 0 Å². The second-order valence-electron chi connectivity index (χ2n) is 0.880. The normalized spacial score (nSPS) is 7.29. The van der Waals surface area contributed by atoms with Gasteiger partial charge in [0.1, 0.15) is 0 Å². The van der Waals surface area contributed by atoms with Crippen molar-refractivity contribution in [3.05, 3.63) is 0 Å². The van der Waals surface area contributed by atoms with Gasteiger partial charge in [0.15, 0.2) is 0 Å². The van der Waals surface area contributed by atoms with Crippen LogP contribution in [-0.4, -0.2) is 11.4 Å². The summed E-state index contributed by atoms with van der Waals surface area (Å²) >= 11 is 0. The Kier molecular flexibility index (Phi) is 24.0. The maximum Gasteiger partial charge on any atom is 0.491 e. The van der Waals surface area contributed by atoms with E-state index in [9.17, 15) is 0 Å². The molecule has 0 aliphatic rings. The molecule has 4 heteroatoms. The van der Waals surface area contributed by atoms with Crippen LogP contribution in [0.5, 0.6) is 0 Å². The summed E-state index contributed by atoms with van der Waals surface area (Å²) < 4.78 is 8.51. The zero-order chi connectivity index (χ0) is 6.12. The highest BCUT2D eigenvalue weighted by atomic mass is 31.1. The van der Waals surface area contributed by atoms with E-state index in [4.69, 9.17) is 15.2 Å². The summed E-state index contributed by atoms with van der Waals surface area (Å²) in [7, 11) is -1.17. The van der Waals surface area contributed by atoms with Crippen LogP contribution in [0.4, 0.5) is 0 Å². The Morgan fingerprint density at radius 1 is 1.86 bits per heavy atom. The maximum atomic E-state index is 8.51. The fourth-order valence-corrected chi connectivity index (χ4v) is 0. The van der Waals surface area contributed by atoms with Crippen LogP contribution in [0, 0.1) is 0 Å². The van der Waals surface area contributed by atoms with Crippen molar-refractivity contribution in [3.63, 3.8) is 0 Å². The molecule has 0 aromatic rings. The molecule has 1 unspecified atom stereocenters. The average Bonchev–Trinajstić information content (AvgIpc) is 1.69. The molecule has 0 aromatic carbocycles. The highest BCUT2D eigenvalue weighted by molar-refractivity contribution is 7.16. The Bertz CT molecular complexity index is 32.1. The molecule has 7 heavy (non-hydrogen) atoms. The van der Waals surface area contributed by atoms with Crippen molar-refractivity contribution in [1.29, 1.82) is 0 Å². The van der Waals surface area contributed by atoms with E-state index < -0.39 is 8.69 Å². The summed E-state index contributed by atoms with van der Waals surface area (Å²) in [5.41, 5.74) is 5.03. The topological polar surface area (TPSA) is 63.3 Å². The lowest BCUT2D eigenvalue weighted by Gasteiger charge is -1.70. The molecule has 0 spiro atoms. The number of hydrogen-bond donors (Lipinski definition) is 2. The van der Waals surface area contributed by atoms with Gasteiger partial charge < -0.3 is 5.73 Å². The summed E-state index contributed by atoms with van der Waals surface area (Å²) in [5.74, 6) is 0. The van der Waals surface area contributed by atoms with Crippen molar-refractivity contribution in [2.24, 2.45) is 5.73 Å². The fourth-order valence-electron chi connectivity index (χ4n) is 0. The summed E-state index contributed by atoms with van der Waals surface area (Å²) in [5, 5.41) is 0. The Morgan fingerprint density at radius 3 is 2.00 bits per heavy atom. The van der Waals surface area contributed by atoms with Gasteiger partial charge in [-0.3, -0.25) is 0 Å². The van der Waals surface area contributed by atoms with E-state index in [0.29, 0.717) is 0 Å².